The number of benzene rings is 1. The predicted octanol–water partition coefficient (Wildman–Crippen LogP) is 2.48. The summed E-state index contributed by atoms with van der Waals surface area (Å²) in [5, 5.41) is 1.00. The van der Waals surface area contributed by atoms with Crippen LogP contribution in [0.5, 0.6) is 0 Å². The fourth-order valence-electron chi connectivity index (χ4n) is 2.74. The van der Waals surface area contributed by atoms with Gasteiger partial charge in [0.1, 0.15) is 10.8 Å². The highest BCUT2D eigenvalue weighted by Crippen LogP contribution is 2.26. The SMILES string of the molecule is CC1(C)CN(c2cc(C(N)=S)c3ccccc3n2)CCO1. The number of ether oxygens (including phenoxy) is 1. The number of rotatable bonds is 2. The average molecular weight is 301 g/mol. The van der Waals surface area contributed by atoms with Crippen LogP contribution >= 0.6 is 12.2 Å². The van der Waals surface area contributed by atoms with Crippen LogP contribution in [0.2, 0.25) is 0 Å². The second-order valence-corrected chi connectivity index (χ2v) is 6.38. The van der Waals surface area contributed by atoms with E-state index in [-0.39, 0.29) is 5.60 Å². The van der Waals surface area contributed by atoms with Gasteiger partial charge in [0.05, 0.1) is 17.7 Å². The van der Waals surface area contributed by atoms with E-state index >= 15 is 0 Å². The molecular formula is C16H19N3OS. The molecule has 0 unspecified atom stereocenters. The zero-order chi connectivity index (χ0) is 15.0. The fourth-order valence-corrected chi connectivity index (χ4v) is 2.91. The maximum absolute atomic E-state index is 5.89. The first-order chi connectivity index (χ1) is 9.96. The van der Waals surface area contributed by atoms with Crippen LogP contribution in [0.15, 0.2) is 30.3 Å². The minimum atomic E-state index is -0.172. The van der Waals surface area contributed by atoms with Crippen LogP contribution in [0.1, 0.15) is 19.4 Å². The number of aromatic nitrogens is 1. The van der Waals surface area contributed by atoms with Crippen molar-refractivity contribution in [3.8, 4) is 0 Å². The van der Waals surface area contributed by atoms with Crippen LogP contribution in [0, 0.1) is 0 Å². The van der Waals surface area contributed by atoms with Crippen LogP contribution in [0.4, 0.5) is 5.82 Å². The molecule has 3 rings (SSSR count). The van der Waals surface area contributed by atoms with Crippen molar-refractivity contribution in [2.24, 2.45) is 5.73 Å². The van der Waals surface area contributed by atoms with E-state index in [0.29, 0.717) is 11.6 Å². The molecule has 2 aromatic rings. The lowest BCUT2D eigenvalue weighted by Gasteiger charge is -2.39. The van der Waals surface area contributed by atoms with Gasteiger partial charge < -0.3 is 15.4 Å². The molecule has 0 atom stereocenters. The van der Waals surface area contributed by atoms with Crippen LogP contribution in [-0.4, -0.2) is 35.3 Å². The summed E-state index contributed by atoms with van der Waals surface area (Å²) in [6.45, 7) is 6.51. The first-order valence-corrected chi connectivity index (χ1v) is 7.46. The quantitative estimate of drug-likeness (QED) is 0.864. The van der Waals surface area contributed by atoms with Crippen molar-refractivity contribution < 1.29 is 4.74 Å². The summed E-state index contributed by atoms with van der Waals surface area (Å²) >= 11 is 5.20. The molecule has 0 bridgehead atoms. The van der Waals surface area contributed by atoms with E-state index in [1.54, 1.807) is 0 Å². The fraction of sp³-hybridized carbons (Fsp3) is 0.375. The van der Waals surface area contributed by atoms with Crippen LogP contribution in [-0.2, 0) is 4.74 Å². The summed E-state index contributed by atoms with van der Waals surface area (Å²) < 4.78 is 5.76. The van der Waals surface area contributed by atoms with Gasteiger partial charge in [0, 0.05) is 24.0 Å². The maximum Gasteiger partial charge on any atom is 0.130 e. The third kappa shape index (κ3) is 2.84. The zero-order valence-electron chi connectivity index (χ0n) is 12.3. The van der Waals surface area contributed by atoms with Crippen molar-refractivity contribution in [3.63, 3.8) is 0 Å². The van der Waals surface area contributed by atoms with E-state index in [9.17, 15) is 0 Å². The standard InChI is InChI=1S/C16H19N3OS/c1-16(2)10-19(7-8-20-16)14-9-12(15(17)21)11-5-3-4-6-13(11)18-14/h3-6,9H,7-8,10H2,1-2H3,(H2,17,21). The molecule has 0 aliphatic carbocycles. The Hall–Kier alpha value is -1.72. The number of para-hydroxylation sites is 1. The Morgan fingerprint density at radius 1 is 1.38 bits per heavy atom. The number of thiocarbonyl (C=S) groups is 1. The van der Waals surface area contributed by atoms with E-state index in [2.05, 4.69) is 18.7 Å². The molecule has 1 aliphatic heterocycles. The van der Waals surface area contributed by atoms with Crippen LogP contribution in [0.25, 0.3) is 10.9 Å². The molecule has 1 aromatic carbocycles. The van der Waals surface area contributed by atoms with E-state index < -0.39 is 0 Å². The summed E-state index contributed by atoms with van der Waals surface area (Å²) in [5.41, 5.74) is 7.52. The molecule has 0 amide bonds. The average Bonchev–Trinajstić information content (AvgIpc) is 2.45. The third-order valence-corrected chi connectivity index (χ3v) is 3.94. The summed E-state index contributed by atoms with van der Waals surface area (Å²) in [5.74, 6) is 0.910. The van der Waals surface area contributed by atoms with Gasteiger partial charge in [0.25, 0.3) is 0 Å². The highest BCUT2D eigenvalue weighted by atomic mass is 32.1. The first-order valence-electron chi connectivity index (χ1n) is 7.05. The maximum atomic E-state index is 5.89. The van der Waals surface area contributed by atoms with Gasteiger partial charge in [-0.15, -0.1) is 0 Å². The number of hydrogen-bond acceptors (Lipinski definition) is 4. The predicted molar refractivity (Wildman–Crippen MR) is 89.9 cm³/mol. The summed E-state index contributed by atoms with van der Waals surface area (Å²) in [6, 6.07) is 9.94. The molecule has 1 saturated heterocycles. The number of fused-ring (bicyclic) bond motifs is 1. The van der Waals surface area contributed by atoms with Gasteiger partial charge in [0.2, 0.25) is 0 Å². The van der Waals surface area contributed by atoms with Crippen molar-refractivity contribution >= 4 is 33.9 Å². The van der Waals surface area contributed by atoms with Gasteiger partial charge in [-0.1, -0.05) is 30.4 Å². The minimum Gasteiger partial charge on any atom is -0.389 e. The van der Waals surface area contributed by atoms with E-state index in [1.807, 2.05) is 30.3 Å². The van der Waals surface area contributed by atoms with Crippen LogP contribution in [0.3, 0.4) is 0 Å². The lowest BCUT2D eigenvalue weighted by Crippen LogP contribution is -2.48. The first kappa shape index (κ1) is 14.2. The van der Waals surface area contributed by atoms with Gasteiger partial charge in [-0.05, 0) is 26.0 Å². The number of pyridine rings is 1. The molecule has 0 saturated carbocycles. The number of nitrogens with zero attached hydrogens (tertiary/aromatic N) is 2. The second kappa shape index (κ2) is 5.24. The Morgan fingerprint density at radius 2 is 2.14 bits per heavy atom. The van der Waals surface area contributed by atoms with Gasteiger partial charge in [0.15, 0.2) is 0 Å². The Kier molecular flexibility index (Phi) is 3.55. The summed E-state index contributed by atoms with van der Waals surface area (Å²) in [7, 11) is 0. The Balaban J connectivity index is 2.09. The van der Waals surface area contributed by atoms with Crippen molar-refractivity contribution in [1.29, 1.82) is 0 Å². The molecular weight excluding hydrogens is 282 g/mol. The summed E-state index contributed by atoms with van der Waals surface area (Å²) in [4.78, 5) is 7.40. The van der Waals surface area contributed by atoms with E-state index in [4.69, 9.17) is 27.7 Å². The van der Waals surface area contributed by atoms with E-state index in [1.165, 1.54) is 0 Å². The van der Waals surface area contributed by atoms with Crippen molar-refractivity contribution in [2.75, 3.05) is 24.6 Å². The largest absolute Gasteiger partial charge is 0.389 e. The van der Waals surface area contributed by atoms with Crippen molar-refractivity contribution in [1.82, 2.24) is 4.98 Å². The van der Waals surface area contributed by atoms with Gasteiger partial charge in [-0.2, -0.15) is 0 Å². The van der Waals surface area contributed by atoms with Gasteiger partial charge in [-0.3, -0.25) is 0 Å². The van der Waals surface area contributed by atoms with Crippen LogP contribution < -0.4 is 10.6 Å². The molecule has 2 N–H and O–H groups in total. The number of morpholine rings is 1. The normalized spacial score (nSPS) is 17.9. The Labute approximate surface area is 129 Å². The topological polar surface area (TPSA) is 51.4 Å². The van der Waals surface area contributed by atoms with Crippen molar-refractivity contribution in [3.05, 3.63) is 35.9 Å². The molecule has 0 radical (unpaired) electrons. The van der Waals surface area contributed by atoms with Gasteiger partial charge in [-0.25, -0.2) is 4.98 Å². The molecule has 21 heavy (non-hydrogen) atoms. The number of hydrogen-bond donors (Lipinski definition) is 1. The minimum absolute atomic E-state index is 0.172. The second-order valence-electron chi connectivity index (χ2n) is 5.94. The number of nitrogens with two attached hydrogens (primary N) is 1. The zero-order valence-corrected chi connectivity index (χ0v) is 13.1. The summed E-state index contributed by atoms with van der Waals surface area (Å²) in [6.07, 6.45) is 0. The molecule has 0 spiro atoms. The molecule has 2 heterocycles. The van der Waals surface area contributed by atoms with E-state index in [0.717, 1.165) is 35.4 Å². The Bertz CT molecular complexity index is 699. The lowest BCUT2D eigenvalue weighted by molar-refractivity contribution is -0.0278. The molecule has 1 aliphatic rings. The molecule has 1 fully saturated rings. The molecule has 5 heteroatoms. The smallest absolute Gasteiger partial charge is 0.130 e. The van der Waals surface area contributed by atoms with Gasteiger partial charge >= 0.3 is 0 Å². The monoisotopic (exact) mass is 301 g/mol. The highest BCUT2D eigenvalue weighted by molar-refractivity contribution is 7.80. The van der Waals surface area contributed by atoms with Crippen molar-refractivity contribution in [2.45, 2.75) is 19.4 Å². The molecule has 110 valence electrons. The lowest BCUT2D eigenvalue weighted by atomic mass is 10.1. The Morgan fingerprint density at radius 3 is 2.86 bits per heavy atom. The number of anilines is 1. The molecule has 4 nitrogen and oxygen atoms in total. The molecule has 1 aromatic heterocycles. The third-order valence-electron chi connectivity index (χ3n) is 3.72. The highest BCUT2D eigenvalue weighted by Gasteiger charge is 2.28.